The second-order valence-electron chi connectivity index (χ2n) is 12.5. The van der Waals surface area contributed by atoms with Crippen LogP contribution < -0.4 is 0 Å². The lowest BCUT2D eigenvalue weighted by Gasteiger charge is -2.27. The number of esters is 4. The monoisotopic (exact) mass is 728 g/mol. The number of aliphatic hydroxyl groups excluding tert-OH is 1. The summed E-state index contributed by atoms with van der Waals surface area (Å²) in [7, 11) is 4.12. The molecule has 3 unspecified atom stereocenters. The SMILES string of the molecule is COC(=O)[C@@H](CC(Br)[C@@H](O)C[C@H](C(=O)OC)C(C)C)C(C)C.COC(=O)[C@@H](CC(Br)[C@@H]1CC(C(C)C)C(=O)O1)C(C)C. The van der Waals surface area contributed by atoms with Gasteiger partial charge in [-0.1, -0.05) is 87.2 Å². The van der Waals surface area contributed by atoms with E-state index >= 15 is 0 Å². The van der Waals surface area contributed by atoms with Gasteiger partial charge in [0.1, 0.15) is 6.10 Å². The lowest BCUT2D eigenvalue weighted by atomic mass is 9.85. The summed E-state index contributed by atoms with van der Waals surface area (Å²) in [5.74, 6) is -1.11. The molecule has 0 aromatic heterocycles. The minimum absolute atomic E-state index is 0.0123. The molecule has 0 aliphatic carbocycles. The number of carbonyl (C=O) groups is 4. The van der Waals surface area contributed by atoms with Gasteiger partial charge in [0.25, 0.3) is 0 Å². The molecule has 1 heterocycles. The molecule has 1 saturated heterocycles. The fraction of sp³-hybridized carbons (Fsp3) is 0.871. The summed E-state index contributed by atoms with van der Waals surface area (Å²) in [6, 6.07) is 0. The maximum atomic E-state index is 11.8. The third-order valence-electron chi connectivity index (χ3n) is 8.06. The van der Waals surface area contributed by atoms with Crippen LogP contribution in [0.5, 0.6) is 0 Å². The van der Waals surface area contributed by atoms with Crippen LogP contribution in [0.15, 0.2) is 0 Å². The molecule has 0 radical (unpaired) electrons. The standard InChI is InChI=1S/C16H29BrO5.C15H25BrO4/c1-9(2)11(15(19)21-5)7-13(17)14(18)8-12(10(3)4)16(20)22-6;1-8(2)10(14(17)19-5)6-12(16)13-7-11(9(3)4)15(18)20-13/h9-14,18H,7-8H2,1-6H3;8-13H,6-7H2,1-5H3/t11-,12-,13?,14-;10-,11?,12?,13-/m00/s1. The maximum absolute atomic E-state index is 11.8. The highest BCUT2D eigenvalue weighted by Crippen LogP contribution is 2.35. The molecule has 1 fully saturated rings. The number of cyclic esters (lactones) is 1. The summed E-state index contributed by atoms with van der Waals surface area (Å²) < 4.78 is 19.9. The largest absolute Gasteiger partial charge is 0.469 e. The van der Waals surface area contributed by atoms with E-state index in [1.807, 2.05) is 55.4 Å². The number of ether oxygens (including phenoxy) is 4. The van der Waals surface area contributed by atoms with Crippen molar-refractivity contribution < 1.29 is 43.2 Å². The van der Waals surface area contributed by atoms with E-state index in [4.69, 9.17) is 18.9 Å². The molecular formula is C31H54Br2O9. The van der Waals surface area contributed by atoms with Gasteiger partial charge in [0, 0.05) is 4.83 Å². The lowest BCUT2D eigenvalue weighted by molar-refractivity contribution is -0.149. The van der Waals surface area contributed by atoms with Crippen molar-refractivity contribution in [3.63, 3.8) is 0 Å². The van der Waals surface area contributed by atoms with Crippen LogP contribution in [0.4, 0.5) is 0 Å². The predicted octanol–water partition coefficient (Wildman–Crippen LogP) is 5.95. The summed E-state index contributed by atoms with van der Waals surface area (Å²) >= 11 is 7.04. The Morgan fingerprint density at radius 2 is 1.14 bits per heavy atom. The van der Waals surface area contributed by atoms with E-state index in [0.717, 1.165) is 6.42 Å². The average molecular weight is 731 g/mol. The number of hydrogen-bond acceptors (Lipinski definition) is 9. The van der Waals surface area contributed by atoms with Crippen LogP contribution in [0.25, 0.3) is 0 Å². The molecule has 9 nitrogen and oxygen atoms in total. The van der Waals surface area contributed by atoms with Gasteiger partial charge in [-0.15, -0.1) is 0 Å². The first-order valence-corrected chi connectivity index (χ1v) is 16.7. The molecule has 0 saturated carbocycles. The lowest BCUT2D eigenvalue weighted by Crippen LogP contribution is -2.34. The zero-order valence-electron chi connectivity index (χ0n) is 27.2. The van der Waals surface area contributed by atoms with Crippen LogP contribution in [-0.4, -0.2) is 72.2 Å². The van der Waals surface area contributed by atoms with E-state index in [1.54, 1.807) is 0 Å². The first-order valence-electron chi connectivity index (χ1n) is 14.8. The summed E-state index contributed by atoms with van der Waals surface area (Å²) in [5.41, 5.74) is 0. The van der Waals surface area contributed by atoms with Crippen molar-refractivity contribution in [3.05, 3.63) is 0 Å². The molecule has 1 aliphatic heterocycles. The van der Waals surface area contributed by atoms with Crippen LogP contribution in [0.3, 0.4) is 0 Å². The summed E-state index contributed by atoms with van der Waals surface area (Å²) in [6.45, 7) is 15.8. The first-order chi connectivity index (χ1) is 19.4. The number of halogens is 2. The van der Waals surface area contributed by atoms with Crippen molar-refractivity contribution in [1.82, 2.24) is 0 Å². The Kier molecular flexibility index (Phi) is 19.4. The summed E-state index contributed by atoms with van der Waals surface area (Å²) in [6.07, 6.45) is 1.20. The van der Waals surface area contributed by atoms with Gasteiger partial charge in [-0.2, -0.15) is 0 Å². The summed E-state index contributed by atoms with van der Waals surface area (Å²) in [4.78, 5) is 46.9. The van der Waals surface area contributed by atoms with Crippen molar-refractivity contribution in [2.24, 2.45) is 47.3 Å². The average Bonchev–Trinajstić information content (AvgIpc) is 3.33. The van der Waals surface area contributed by atoms with Gasteiger partial charge in [0.05, 0.1) is 55.9 Å². The van der Waals surface area contributed by atoms with Crippen molar-refractivity contribution in [1.29, 1.82) is 0 Å². The van der Waals surface area contributed by atoms with E-state index in [-0.39, 0.29) is 87.0 Å². The van der Waals surface area contributed by atoms with Gasteiger partial charge in [-0.05, 0) is 49.4 Å². The van der Waals surface area contributed by atoms with Crippen molar-refractivity contribution >= 4 is 55.7 Å². The van der Waals surface area contributed by atoms with Gasteiger partial charge in [0.15, 0.2) is 0 Å². The third kappa shape index (κ3) is 13.2. The predicted molar refractivity (Wildman–Crippen MR) is 169 cm³/mol. The first kappa shape index (κ1) is 40.8. The van der Waals surface area contributed by atoms with Crippen molar-refractivity contribution in [2.75, 3.05) is 21.3 Å². The van der Waals surface area contributed by atoms with Gasteiger partial charge >= 0.3 is 23.9 Å². The molecule has 0 bridgehead atoms. The number of aliphatic hydroxyl groups is 1. The van der Waals surface area contributed by atoms with Gasteiger partial charge < -0.3 is 24.1 Å². The van der Waals surface area contributed by atoms with Crippen LogP contribution in [0, 0.1) is 47.3 Å². The highest BCUT2D eigenvalue weighted by atomic mass is 79.9. The molecule has 0 amide bonds. The Balaban J connectivity index is 0.000000803. The Labute approximate surface area is 269 Å². The van der Waals surface area contributed by atoms with Crippen LogP contribution in [0.1, 0.15) is 81.1 Å². The zero-order chi connectivity index (χ0) is 32.9. The second kappa shape index (κ2) is 20.0. The number of rotatable bonds is 15. The molecule has 0 aromatic rings. The Hall–Kier alpha value is -1.20. The van der Waals surface area contributed by atoms with Crippen LogP contribution in [0.2, 0.25) is 0 Å². The minimum atomic E-state index is -0.739. The zero-order valence-corrected chi connectivity index (χ0v) is 30.4. The molecule has 1 rings (SSSR count). The van der Waals surface area contributed by atoms with Crippen molar-refractivity contribution in [2.45, 2.75) is 103 Å². The van der Waals surface area contributed by atoms with E-state index < -0.39 is 6.10 Å². The van der Waals surface area contributed by atoms with Gasteiger partial charge in [0.2, 0.25) is 0 Å². The molecule has 1 N–H and O–H groups in total. The Morgan fingerprint density at radius 1 is 0.762 bits per heavy atom. The topological polar surface area (TPSA) is 125 Å². The van der Waals surface area contributed by atoms with Crippen molar-refractivity contribution in [3.8, 4) is 0 Å². The van der Waals surface area contributed by atoms with E-state index in [0.29, 0.717) is 19.3 Å². The van der Waals surface area contributed by atoms with Gasteiger partial charge in [-0.25, -0.2) is 0 Å². The number of hydrogen-bond donors (Lipinski definition) is 1. The van der Waals surface area contributed by atoms with E-state index in [1.165, 1.54) is 21.3 Å². The quantitative estimate of drug-likeness (QED) is 0.124. The fourth-order valence-electron chi connectivity index (χ4n) is 4.97. The molecule has 42 heavy (non-hydrogen) atoms. The van der Waals surface area contributed by atoms with Gasteiger partial charge in [-0.3, -0.25) is 19.2 Å². The highest BCUT2D eigenvalue weighted by molar-refractivity contribution is 9.09. The molecule has 11 heteroatoms. The second-order valence-corrected chi connectivity index (χ2v) is 14.8. The third-order valence-corrected chi connectivity index (χ3v) is 10.0. The number of carbonyl (C=O) groups excluding carboxylic acids is 4. The minimum Gasteiger partial charge on any atom is -0.469 e. The normalized spacial score (nSPS) is 21.1. The smallest absolute Gasteiger partial charge is 0.309 e. The number of methoxy groups -OCH3 is 3. The molecule has 0 spiro atoms. The molecule has 246 valence electrons. The highest BCUT2D eigenvalue weighted by Gasteiger charge is 2.41. The fourth-order valence-corrected chi connectivity index (χ4v) is 6.32. The summed E-state index contributed by atoms with van der Waals surface area (Å²) in [5, 5.41) is 10.4. The maximum Gasteiger partial charge on any atom is 0.309 e. The Bertz CT molecular complexity index is 812. The van der Waals surface area contributed by atoms with E-state index in [2.05, 4.69) is 31.9 Å². The molecule has 1 aliphatic rings. The van der Waals surface area contributed by atoms with E-state index in [9.17, 15) is 24.3 Å². The van der Waals surface area contributed by atoms with Crippen LogP contribution >= 0.6 is 31.9 Å². The molecular weight excluding hydrogens is 676 g/mol. The Morgan fingerprint density at radius 3 is 1.48 bits per heavy atom. The van der Waals surface area contributed by atoms with Crippen LogP contribution in [-0.2, 0) is 38.1 Å². The molecule has 8 atom stereocenters. The molecule has 0 aromatic carbocycles. The number of alkyl halides is 2.